The quantitative estimate of drug-likeness (QED) is 0.289. The summed E-state index contributed by atoms with van der Waals surface area (Å²) in [5.41, 5.74) is 4.79. The fourth-order valence-corrected chi connectivity index (χ4v) is 4.46. The number of imidazole rings is 1. The first-order valence-corrected chi connectivity index (χ1v) is 12.3. The van der Waals surface area contributed by atoms with Crippen LogP contribution in [0.15, 0.2) is 91.5 Å². The normalized spacial score (nSPS) is 19.3. The van der Waals surface area contributed by atoms with Crippen molar-refractivity contribution in [2.24, 2.45) is 0 Å². The first-order valence-electron chi connectivity index (χ1n) is 12.3. The molecule has 186 valence electrons. The minimum absolute atomic E-state index is 0.146. The molecular formula is C30H32N2O4. The summed E-state index contributed by atoms with van der Waals surface area (Å²) in [7, 11) is 1.67. The van der Waals surface area contributed by atoms with E-state index in [4.69, 9.17) is 18.9 Å². The van der Waals surface area contributed by atoms with E-state index in [0.29, 0.717) is 19.8 Å². The Bertz CT molecular complexity index is 1220. The molecule has 1 aliphatic rings. The van der Waals surface area contributed by atoms with Gasteiger partial charge in [0.25, 0.3) is 0 Å². The number of hydrogen-bond acceptors (Lipinski definition) is 5. The van der Waals surface area contributed by atoms with Gasteiger partial charge in [0.2, 0.25) is 0 Å². The molecule has 6 nitrogen and oxygen atoms in total. The van der Waals surface area contributed by atoms with Crippen LogP contribution in [0.3, 0.4) is 0 Å². The second kappa shape index (κ2) is 11.0. The molecule has 0 spiro atoms. The Labute approximate surface area is 212 Å². The van der Waals surface area contributed by atoms with Crippen molar-refractivity contribution in [2.45, 2.75) is 38.2 Å². The van der Waals surface area contributed by atoms with Crippen LogP contribution in [0.2, 0.25) is 0 Å². The molecule has 36 heavy (non-hydrogen) atoms. The highest BCUT2D eigenvalue weighted by Gasteiger charge is 2.42. The number of aromatic nitrogens is 2. The fourth-order valence-electron chi connectivity index (χ4n) is 4.46. The lowest BCUT2D eigenvalue weighted by Crippen LogP contribution is -2.37. The zero-order chi connectivity index (χ0) is 24.8. The Balaban J connectivity index is 1.19. The SMILES string of the molecule is COc1ccc(-c2ccc(OCC3COC(CCc4ccc(C)cc4)(Cn4ccnc4)O3)cc2)cc1. The molecule has 0 bridgehead atoms. The molecule has 2 heterocycles. The number of nitrogens with zero attached hydrogens (tertiary/aromatic N) is 2. The van der Waals surface area contributed by atoms with Gasteiger partial charge in [-0.2, -0.15) is 0 Å². The predicted molar refractivity (Wildman–Crippen MR) is 139 cm³/mol. The first kappa shape index (κ1) is 24.1. The van der Waals surface area contributed by atoms with Crippen molar-refractivity contribution < 1.29 is 18.9 Å². The van der Waals surface area contributed by atoms with Gasteiger partial charge in [0.1, 0.15) is 24.2 Å². The van der Waals surface area contributed by atoms with Crippen LogP contribution in [0.1, 0.15) is 17.5 Å². The molecule has 3 aromatic carbocycles. The minimum atomic E-state index is -0.710. The summed E-state index contributed by atoms with van der Waals surface area (Å²) in [6.45, 7) is 3.61. The monoisotopic (exact) mass is 484 g/mol. The standard InChI is InChI=1S/C30H32N2O4/c1-23-3-5-24(6-4-23)15-16-30(21-32-18-17-31-22-32)35-20-29(36-30)19-34-28-13-9-26(10-14-28)25-7-11-27(33-2)12-8-25/h3-14,17-18,22,29H,15-16,19-21H2,1-2H3. The Morgan fingerprint density at radius 2 is 1.64 bits per heavy atom. The highest BCUT2D eigenvalue weighted by Crippen LogP contribution is 2.32. The van der Waals surface area contributed by atoms with Crippen LogP contribution in [-0.4, -0.2) is 41.8 Å². The summed E-state index contributed by atoms with van der Waals surface area (Å²) >= 11 is 0. The van der Waals surface area contributed by atoms with Crippen molar-refractivity contribution >= 4 is 0 Å². The molecule has 1 aromatic heterocycles. The number of benzene rings is 3. The second-order valence-corrected chi connectivity index (χ2v) is 9.25. The summed E-state index contributed by atoms with van der Waals surface area (Å²) in [6.07, 6.45) is 6.99. The Morgan fingerprint density at radius 3 is 2.28 bits per heavy atom. The molecule has 1 saturated heterocycles. The number of ether oxygens (including phenoxy) is 4. The zero-order valence-corrected chi connectivity index (χ0v) is 20.8. The first-order chi connectivity index (χ1) is 17.6. The van der Waals surface area contributed by atoms with E-state index in [-0.39, 0.29) is 6.10 Å². The third-order valence-electron chi connectivity index (χ3n) is 6.53. The molecule has 0 radical (unpaired) electrons. The van der Waals surface area contributed by atoms with Gasteiger partial charge in [-0.05, 0) is 54.3 Å². The molecule has 1 aliphatic heterocycles. The van der Waals surface area contributed by atoms with E-state index >= 15 is 0 Å². The average Bonchev–Trinajstić information content (AvgIpc) is 3.58. The molecule has 1 fully saturated rings. The van der Waals surface area contributed by atoms with Crippen LogP contribution < -0.4 is 9.47 Å². The van der Waals surface area contributed by atoms with Gasteiger partial charge in [-0.3, -0.25) is 0 Å². The third-order valence-corrected chi connectivity index (χ3v) is 6.53. The Kier molecular flexibility index (Phi) is 7.35. The van der Waals surface area contributed by atoms with E-state index in [1.165, 1.54) is 11.1 Å². The summed E-state index contributed by atoms with van der Waals surface area (Å²) in [4.78, 5) is 4.18. The number of methoxy groups -OCH3 is 1. The summed E-state index contributed by atoms with van der Waals surface area (Å²) in [5, 5.41) is 0. The van der Waals surface area contributed by atoms with Gasteiger partial charge < -0.3 is 23.5 Å². The van der Waals surface area contributed by atoms with Gasteiger partial charge >= 0.3 is 0 Å². The Hall–Kier alpha value is -3.61. The molecule has 0 amide bonds. The van der Waals surface area contributed by atoms with E-state index < -0.39 is 5.79 Å². The van der Waals surface area contributed by atoms with Crippen LogP contribution in [0.5, 0.6) is 11.5 Å². The Morgan fingerprint density at radius 1 is 0.944 bits per heavy atom. The molecule has 0 N–H and O–H groups in total. The molecule has 0 saturated carbocycles. The van der Waals surface area contributed by atoms with Crippen molar-refractivity contribution in [1.82, 2.24) is 9.55 Å². The average molecular weight is 485 g/mol. The van der Waals surface area contributed by atoms with Gasteiger partial charge in [0.05, 0.1) is 26.6 Å². The summed E-state index contributed by atoms with van der Waals surface area (Å²) in [6, 6.07) is 24.8. The largest absolute Gasteiger partial charge is 0.497 e. The lowest BCUT2D eigenvalue weighted by Gasteiger charge is -2.28. The molecule has 6 heteroatoms. The smallest absolute Gasteiger partial charge is 0.187 e. The predicted octanol–water partition coefficient (Wildman–Crippen LogP) is 5.69. The maximum atomic E-state index is 6.50. The lowest BCUT2D eigenvalue weighted by molar-refractivity contribution is -0.184. The molecule has 0 aliphatic carbocycles. The van der Waals surface area contributed by atoms with Gasteiger partial charge in [-0.1, -0.05) is 54.1 Å². The van der Waals surface area contributed by atoms with E-state index in [0.717, 1.165) is 35.5 Å². The number of hydrogen-bond donors (Lipinski definition) is 0. The molecule has 2 atom stereocenters. The maximum absolute atomic E-state index is 6.50. The highest BCUT2D eigenvalue weighted by molar-refractivity contribution is 5.64. The molecule has 5 rings (SSSR count). The number of aryl methyl sites for hydroxylation is 2. The summed E-state index contributed by atoms with van der Waals surface area (Å²) in [5.74, 6) is 0.945. The van der Waals surface area contributed by atoms with Gasteiger partial charge in [-0.15, -0.1) is 0 Å². The van der Waals surface area contributed by atoms with Crippen molar-refractivity contribution in [3.8, 4) is 22.6 Å². The number of rotatable bonds is 10. The molecule has 4 aromatic rings. The summed E-state index contributed by atoms with van der Waals surface area (Å²) < 4.78 is 26.1. The van der Waals surface area contributed by atoms with Crippen LogP contribution in [0.25, 0.3) is 11.1 Å². The minimum Gasteiger partial charge on any atom is -0.497 e. The zero-order valence-electron chi connectivity index (χ0n) is 20.8. The van der Waals surface area contributed by atoms with E-state index in [1.807, 2.05) is 35.0 Å². The van der Waals surface area contributed by atoms with Crippen molar-refractivity contribution in [1.29, 1.82) is 0 Å². The van der Waals surface area contributed by atoms with E-state index in [9.17, 15) is 0 Å². The van der Waals surface area contributed by atoms with E-state index in [2.05, 4.69) is 60.4 Å². The van der Waals surface area contributed by atoms with Gasteiger partial charge in [0.15, 0.2) is 5.79 Å². The van der Waals surface area contributed by atoms with E-state index in [1.54, 1.807) is 19.6 Å². The maximum Gasteiger partial charge on any atom is 0.187 e. The van der Waals surface area contributed by atoms with Crippen LogP contribution in [0, 0.1) is 6.92 Å². The molecular weight excluding hydrogens is 452 g/mol. The third kappa shape index (κ3) is 5.96. The van der Waals surface area contributed by atoms with Gasteiger partial charge in [-0.25, -0.2) is 4.98 Å². The second-order valence-electron chi connectivity index (χ2n) is 9.25. The fraction of sp³-hybridized carbons (Fsp3) is 0.300. The lowest BCUT2D eigenvalue weighted by atomic mass is 10.0. The topological polar surface area (TPSA) is 54.7 Å². The van der Waals surface area contributed by atoms with Crippen LogP contribution in [-0.2, 0) is 22.4 Å². The highest BCUT2D eigenvalue weighted by atomic mass is 16.8. The van der Waals surface area contributed by atoms with Crippen molar-refractivity contribution in [2.75, 3.05) is 20.3 Å². The van der Waals surface area contributed by atoms with Crippen molar-refractivity contribution in [3.63, 3.8) is 0 Å². The van der Waals surface area contributed by atoms with Crippen molar-refractivity contribution in [3.05, 3.63) is 103 Å². The molecule has 2 unspecified atom stereocenters. The van der Waals surface area contributed by atoms with Crippen LogP contribution >= 0.6 is 0 Å². The van der Waals surface area contributed by atoms with Crippen LogP contribution in [0.4, 0.5) is 0 Å². The van der Waals surface area contributed by atoms with Gasteiger partial charge in [0, 0.05) is 18.8 Å².